The summed E-state index contributed by atoms with van der Waals surface area (Å²) >= 11 is 0. The van der Waals surface area contributed by atoms with Crippen molar-refractivity contribution in [1.29, 1.82) is 0 Å². The van der Waals surface area contributed by atoms with E-state index in [0.717, 1.165) is 29.0 Å². The largest absolute Gasteiger partial charge is 0.256 e. The number of allylic oxidation sites excluding steroid dienone is 5. The Kier molecular flexibility index (Phi) is 8.29. The lowest BCUT2D eigenvalue weighted by Gasteiger charge is -2.08. The maximum absolute atomic E-state index is 14.7. The van der Waals surface area contributed by atoms with Crippen molar-refractivity contribution in [2.24, 2.45) is 9.98 Å². The minimum atomic E-state index is -0.384. The van der Waals surface area contributed by atoms with Crippen molar-refractivity contribution < 1.29 is 4.39 Å². The molecule has 2 nitrogen and oxygen atoms in total. The van der Waals surface area contributed by atoms with E-state index < -0.39 is 0 Å². The number of nitrogens with zero attached hydrogens (tertiary/aromatic N) is 2. The summed E-state index contributed by atoms with van der Waals surface area (Å²) in [7, 11) is 0. The normalized spacial score (nSPS) is 13.5. The standard InChI is InChI=1S/C25H27FN2/c1-5-13-23(18-24(26)20(4)27-19(3)6-2)28-25(21-14-9-7-10-15-21)22-16-11-8-12-17-22/h6-18H,5H2,1-4H3/b19-6-,23-13+,24-18+,27-20+. The van der Waals surface area contributed by atoms with E-state index in [-0.39, 0.29) is 5.83 Å². The van der Waals surface area contributed by atoms with Crippen molar-refractivity contribution >= 4 is 11.4 Å². The zero-order chi connectivity index (χ0) is 20.4. The molecular formula is C25H27FN2. The predicted octanol–water partition coefficient (Wildman–Crippen LogP) is 7.06. The number of hydrogen-bond acceptors (Lipinski definition) is 2. The van der Waals surface area contributed by atoms with E-state index in [9.17, 15) is 4.39 Å². The highest BCUT2D eigenvalue weighted by Crippen LogP contribution is 2.17. The van der Waals surface area contributed by atoms with Crippen molar-refractivity contribution in [1.82, 2.24) is 0 Å². The van der Waals surface area contributed by atoms with Crippen LogP contribution in [0.25, 0.3) is 0 Å². The van der Waals surface area contributed by atoms with Crippen LogP contribution >= 0.6 is 0 Å². The highest BCUT2D eigenvalue weighted by molar-refractivity contribution is 6.13. The minimum absolute atomic E-state index is 0.341. The molecule has 144 valence electrons. The van der Waals surface area contributed by atoms with Gasteiger partial charge in [0.25, 0.3) is 0 Å². The summed E-state index contributed by atoms with van der Waals surface area (Å²) in [6.45, 7) is 7.41. The summed E-state index contributed by atoms with van der Waals surface area (Å²) in [5.41, 5.74) is 4.48. The van der Waals surface area contributed by atoms with Gasteiger partial charge in [-0.1, -0.05) is 79.7 Å². The van der Waals surface area contributed by atoms with E-state index in [0.29, 0.717) is 11.4 Å². The summed E-state index contributed by atoms with van der Waals surface area (Å²) in [4.78, 5) is 9.08. The van der Waals surface area contributed by atoms with Crippen LogP contribution in [0.3, 0.4) is 0 Å². The molecule has 0 aliphatic heterocycles. The van der Waals surface area contributed by atoms with Crippen molar-refractivity contribution in [2.75, 3.05) is 0 Å². The smallest absolute Gasteiger partial charge is 0.146 e. The third-order valence-corrected chi connectivity index (χ3v) is 4.13. The summed E-state index contributed by atoms with van der Waals surface area (Å²) in [6, 6.07) is 19.9. The maximum atomic E-state index is 14.7. The molecule has 2 rings (SSSR count). The third kappa shape index (κ3) is 6.27. The van der Waals surface area contributed by atoms with Crippen LogP contribution in [0.2, 0.25) is 0 Å². The monoisotopic (exact) mass is 374 g/mol. The third-order valence-electron chi connectivity index (χ3n) is 4.13. The molecule has 0 unspecified atom stereocenters. The Morgan fingerprint density at radius 1 is 0.893 bits per heavy atom. The minimum Gasteiger partial charge on any atom is -0.256 e. The van der Waals surface area contributed by atoms with E-state index in [1.807, 2.05) is 93.6 Å². The number of benzene rings is 2. The van der Waals surface area contributed by atoms with E-state index in [2.05, 4.69) is 4.99 Å². The van der Waals surface area contributed by atoms with Gasteiger partial charge in [0.15, 0.2) is 0 Å². The van der Waals surface area contributed by atoms with E-state index in [4.69, 9.17) is 4.99 Å². The fraction of sp³-hybridized carbons (Fsp3) is 0.200. The molecule has 0 spiro atoms. The summed E-state index contributed by atoms with van der Waals surface area (Å²) in [5.74, 6) is -0.384. The number of hydrogen-bond donors (Lipinski definition) is 0. The molecule has 0 amide bonds. The van der Waals surface area contributed by atoms with Gasteiger partial charge in [0.2, 0.25) is 0 Å². The van der Waals surface area contributed by atoms with Crippen LogP contribution < -0.4 is 0 Å². The molecule has 0 bridgehead atoms. The molecule has 0 atom stereocenters. The van der Waals surface area contributed by atoms with Crippen LogP contribution in [0.1, 0.15) is 45.2 Å². The van der Waals surface area contributed by atoms with Crippen molar-refractivity contribution in [2.45, 2.75) is 34.1 Å². The molecule has 2 aromatic rings. The van der Waals surface area contributed by atoms with E-state index in [1.54, 1.807) is 6.92 Å². The Morgan fingerprint density at radius 2 is 1.43 bits per heavy atom. The zero-order valence-electron chi connectivity index (χ0n) is 17.0. The highest BCUT2D eigenvalue weighted by atomic mass is 19.1. The Bertz CT molecular complexity index is 876. The van der Waals surface area contributed by atoms with Crippen molar-refractivity contribution in [3.8, 4) is 0 Å². The van der Waals surface area contributed by atoms with Gasteiger partial charge in [0.05, 0.1) is 17.1 Å². The van der Waals surface area contributed by atoms with Gasteiger partial charge in [0.1, 0.15) is 5.83 Å². The van der Waals surface area contributed by atoms with E-state index >= 15 is 0 Å². The lowest BCUT2D eigenvalue weighted by molar-refractivity contribution is 0.678. The average molecular weight is 375 g/mol. The average Bonchev–Trinajstić information content (AvgIpc) is 2.73. The second-order valence-corrected chi connectivity index (χ2v) is 6.35. The van der Waals surface area contributed by atoms with Gasteiger partial charge in [-0.25, -0.2) is 9.38 Å². The van der Waals surface area contributed by atoms with Crippen LogP contribution in [0, 0.1) is 0 Å². The first-order chi connectivity index (χ1) is 13.5. The molecule has 0 heterocycles. The molecule has 0 saturated carbocycles. The first kappa shape index (κ1) is 21.2. The molecule has 0 aliphatic carbocycles. The van der Waals surface area contributed by atoms with E-state index in [1.165, 1.54) is 6.08 Å². The lowest BCUT2D eigenvalue weighted by Crippen LogP contribution is -2.04. The van der Waals surface area contributed by atoms with Gasteiger partial charge in [-0.2, -0.15) is 0 Å². The van der Waals surface area contributed by atoms with Gasteiger partial charge >= 0.3 is 0 Å². The molecule has 0 fully saturated rings. The molecule has 0 saturated heterocycles. The van der Waals surface area contributed by atoms with Crippen LogP contribution in [0.15, 0.2) is 106 Å². The zero-order valence-corrected chi connectivity index (χ0v) is 17.0. The molecular weight excluding hydrogens is 347 g/mol. The molecule has 28 heavy (non-hydrogen) atoms. The quantitative estimate of drug-likeness (QED) is 0.366. The Hall–Kier alpha value is -3.07. The Balaban J connectivity index is 2.53. The van der Waals surface area contributed by atoms with Gasteiger partial charge in [-0.3, -0.25) is 4.99 Å². The summed E-state index contributed by atoms with van der Waals surface area (Å²) in [6.07, 6.45) is 5.97. The van der Waals surface area contributed by atoms with Crippen molar-refractivity contribution in [3.05, 3.63) is 107 Å². The maximum Gasteiger partial charge on any atom is 0.146 e. The summed E-state index contributed by atoms with van der Waals surface area (Å²) < 4.78 is 14.7. The second-order valence-electron chi connectivity index (χ2n) is 6.35. The molecule has 0 N–H and O–H groups in total. The van der Waals surface area contributed by atoms with Crippen LogP contribution in [0.5, 0.6) is 0 Å². The van der Waals surface area contributed by atoms with Crippen LogP contribution in [-0.4, -0.2) is 11.4 Å². The van der Waals surface area contributed by atoms with Gasteiger partial charge in [-0.05, 0) is 27.2 Å². The fourth-order valence-corrected chi connectivity index (χ4v) is 2.58. The molecule has 0 aromatic heterocycles. The molecule has 2 aromatic carbocycles. The first-order valence-corrected chi connectivity index (χ1v) is 9.50. The lowest BCUT2D eigenvalue weighted by atomic mass is 10.0. The topological polar surface area (TPSA) is 24.7 Å². The molecule has 0 aliphatic rings. The van der Waals surface area contributed by atoms with Gasteiger partial charge in [-0.15, -0.1) is 0 Å². The molecule has 3 heteroatoms. The Labute approximate surface area is 167 Å². The Morgan fingerprint density at radius 3 is 1.89 bits per heavy atom. The summed E-state index contributed by atoms with van der Waals surface area (Å²) in [5, 5.41) is 0. The van der Waals surface area contributed by atoms with Gasteiger partial charge in [0, 0.05) is 22.9 Å². The van der Waals surface area contributed by atoms with Crippen LogP contribution in [-0.2, 0) is 0 Å². The number of aliphatic imine (C=N–C) groups is 2. The fourth-order valence-electron chi connectivity index (χ4n) is 2.58. The first-order valence-electron chi connectivity index (χ1n) is 9.50. The highest BCUT2D eigenvalue weighted by Gasteiger charge is 2.08. The van der Waals surface area contributed by atoms with Crippen LogP contribution in [0.4, 0.5) is 4.39 Å². The second kappa shape index (κ2) is 10.9. The predicted molar refractivity (Wildman–Crippen MR) is 119 cm³/mol. The molecule has 0 radical (unpaired) electrons. The SMILES string of the molecule is C\C=C(C)/N=C(C)/C(F)=C\C(=C/CC)N=C(c1ccccc1)c1ccccc1. The van der Waals surface area contributed by atoms with Gasteiger partial charge < -0.3 is 0 Å². The van der Waals surface area contributed by atoms with Crippen molar-refractivity contribution in [3.63, 3.8) is 0 Å². The number of halogens is 1. The number of rotatable bonds is 7.